The maximum atomic E-state index is 11.1. The summed E-state index contributed by atoms with van der Waals surface area (Å²) in [7, 11) is 0. The standard InChI is InChI=1S/C22H17ClN2O2/c1-22(2)20(12-8-14-7-10-17(23)19(13-14)25(26)27)24-18-11-9-15-5-3-4-6-16(15)21(18)22/h3-13H,1-2H3/b12-8+. The van der Waals surface area contributed by atoms with Crippen molar-refractivity contribution in [1.29, 1.82) is 0 Å². The molecule has 1 aliphatic rings. The fourth-order valence-electron chi connectivity index (χ4n) is 3.60. The van der Waals surface area contributed by atoms with E-state index in [0.29, 0.717) is 5.56 Å². The minimum atomic E-state index is -0.474. The number of aliphatic imine (C=N–C) groups is 1. The minimum absolute atomic E-state index is 0.0966. The Morgan fingerprint density at radius 1 is 1.07 bits per heavy atom. The second kappa shape index (κ2) is 6.32. The third-order valence-electron chi connectivity index (χ3n) is 5.01. The van der Waals surface area contributed by atoms with Gasteiger partial charge in [0.2, 0.25) is 0 Å². The summed E-state index contributed by atoms with van der Waals surface area (Å²) in [5.74, 6) is 0. The van der Waals surface area contributed by atoms with Gasteiger partial charge in [-0.05, 0) is 40.1 Å². The highest BCUT2D eigenvalue weighted by Gasteiger charge is 2.34. The monoisotopic (exact) mass is 376 g/mol. The molecule has 4 rings (SSSR count). The summed E-state index contributed by atoms with van der Waals surface area (Å²) in [6.45, 7) is 4.30. The van der Waals surface area contributed by atoms with Gasteiger partial charge in [0, 0.05) is 11.5 Å². The fourth-order valence-corrected chi connectivity index (χ4v) is 3.79. The lowest BCUT2D eigenvalue weighted by atomic mass is 9.79. The number of hydrogen-bond donors (Lipinski definition) is 0. The molecule has 0 spiro atoms. The molecule has 3 aromatic carbocycles. The third-order valence-corrected chi connectivity index (χ3v) is 5.33. The van der Waals surface area contributed by atoms with Crippen LogP contribution in [0.2, 0.25) is 5.02 Å². The zero-order valence-corrected chi connectivity index (χ0v) is 15.7. The number of hydrogen-bond acceptors (Lipinski definition) is 3. The van der Waals surface area contributed by atoms with Crippen molar-refractivity contribution in [2.45, 2.75) is 19.3 Å². The molecule has 1 heterocycles. The van der Waals surface area contributed by atoms with Gasteiger partial charge in [-0.15, -0.1) is 0 Å². The lowest BCUT2D eigenvalue weighted by molar-refractivity contribution is -0.384. The number of nitrogens with zero attached hydrogens (tertiary/aromatic N) is 2. The molecule has 0 radical (unpaired) electrons. The van der Waals surface area contributed by atoms with Crippen molar-refractivity contribution in [3.63, 3.8) is 0 Å². The number of nitro benzene ring substituents is 1. The van der Waals surface area contributed by atoms with Crippen LogP contribution in [0.25, 0.3) is 16.8 Å². The van der Waals surface area contributed by atoms with E-state index in [-0.39, 0.29) is 16.1 Å². The van der Waals surface area contributed by atoms with E-state index in [1.54, 1.807) is 12.1 Å². The Morgan fingerprint density at radius 2 is 1.85 bits per heavy atom. The van der Waals surface area contributed by atoms with Crippen molar-refractivity contribution in [2.75, 3.05) is 0 Å². The molecule has 4 nitrogen and oxygen atoms in total. The normalized spacial score (nSPS) is 15.1. The Kier molecular flexibility index (Phi) is 4.08. The van der Waals surface area contributed by atoms with Crippen LogP contribution in [0, 0.1) is 10.1 Å². The van der Waals surface area contributed by atoms with E-state index in [1.807, 2.05) is 30.4 Å². The summed E-state index contributed by atoms with van der Waals surface area (Å²) in [5, 5.41) is 13.6. The molecule has 0 N–H and O–H groups in total. The highest BCUT2D eigenvalue weighted by atomic mass is 35.5. The summed E-state index contributed by atoms with van der Waals surface area (Å²) in [4.78, 5) is 15.4. The maximum absolute atomic E-state index is 11.1. The van der Waals surface area contributed by atoms with E-state index >= 15 is 0 Å². The number of rotatable bonds is 3. The lowest BCUT2D eigenvalue weighted by Gasteiger charge is -2.22. The molecule has 0 atom stereocenters. The summed E-state index contributed by atoms with van der Waals surface area (Å²) in [6, 6.07) is 17.2. The first-order valence-corrected chi connectivity index (χ1v) is 8.99. The first kappa shape index (κ1) is 17.4. The number of halogens is 1. The van der Waals surface area contributed by atoms with Gasteiger partial charge in [0.05, 0.1) is 16.3 Å². The summed E-state index contributed by atoms with van der Waals surface area (Å²) >= 11 is 5.89. The van der Waals surface area contributed by atoms with Gasteiger partial charge < -0.3 is 0 Å². The van der Waals surface area contributed by atoms with Crippen molar-refractivity contribution < 1.29 is 4.92 Å². The molecule has 0 aromatic heterocycles. The molecule has 134 valence electrons. The number of nitro groups is 1. The minimum Gasteiger partial charge on any atom is -0.258 e. The number of benzene rings is 3. The summed E-state index contributed by atoms with van der Waals surface area (Å²) in [6.07, 6.45) is 3.78. The molecule has 0 amide bonds. The third kappa shape index (κ3) is 2.92. The fraction of sp³-hybridized carbons (Fsp3) is 0.136. The Labute approximate surface area is 162 Å². The van der Waals surface area contributed by atoms with E-state index in [4.69, 9.17) is 16.6 Å². The SMILES string of the molecule is CC1(C)C(/C=C/c2ccc(Cl)c([N+](=O)[O-])c2)=Nc2ccc3ccccc3c21. The van der Waals surface area contributed by atoms with Crippen LogP contribution in [-0.4, -0.2) is 10.6 Å². The van der Waals surface area contributed by atoms with Crippen molar-refractivity contribution in [3.05, 3.63) is 86.9 Å². The van der Waals surface area contributed by atoms with Gasteiger partial charge in [0.25, 0.3) is 5.69 Å². The molecule has 0 saturated carbocycles. The Balaban J connectivity index is 1.73. The highest BCUT2D eigenvalue weighted by Crippen LogP contribution is 2.44. The van der Waals surface area contributed by atoms with Gasteiger partial charge in [0.1, 0.15) is 5.02 Å². The quantitative estimate of drug-likeness (QED) is 0.388. The van der Waals surface area contributed by atoms with Crippen LogP contribution in [0.4, 0.5) is 11.4 Å². The van der Waals surface area contributed by atoms with Gasteiger partial charge >= 0.3 is 0 Å². The van der Waals surface area contributed by atoms with Crippen LogP contribution in [-0.2, 0) is 5.41 Å². The number of allylic oxidation sites excluding steroid dienone is 1. The second-order valence-electron chi connectivity index (χ2n) is 7.10. The molecular formula is C22H17ClN2O2. The number of fused-ring (bicyclic) bond motifs is 3. The van der Waals surface area contributed by atoms with Crippen LogP contribution in [0.5, 0.6) is 0 Å². The van der Waals surface area contributed by atoms with Gasteiger partial charge in [-0.3, -0.25) is 15.1 Å². The molecule has 5 heteroatoms. The van der Waals surface area contributed by atoms with E-state index in [1.165, 1.54) is 22.4 Å². The largest absolute Gasteiger partial charge is 0.288 e. The molecule has 0 fully saturated rings. The second-order valence-corrected chi connectivity index (χ2v) is 7.51. The maximum Gasteiger partial charge on any atom is 0.288 e. The molecule has 27 heavy (non-hydrogen) atoms. The summed E-state index contributed by atoms with van der Waals surface area (Å²) in [5.41, 5.74) is 3.46. The predicted molar refractivity (Wildman–Crippen MR) is 111 cm³/mol. The molecule has 0 bridgehead atoms. The molecule has 3 aromatic rings. The average molecular weight is 377 g/mol. The molecule has 1 aliphatic heterocycles. The van der Waals surface area contributed by atoms with E-state index in [9.17, 15) is 10.1 Å². The van der Waals surface area contributed by atoms with Crippen molar-refractivity contribution in [1.82, 2.24) is 0 Å². The lowest BCUT2D eigenvalue weighted by Crippen LogP contribution is -2.24. The van der Waals surface area contributed by atoms with E-state index in [2.05, 4.69) is 32.0 Å². The zero-order valence-electron chi connectivity index (χ0n) is 14.9. The molecule has 0 saturated heterocycles. The van der Waals surface area contributed by atoms with Crippen LogP contribution in [0.1, 0.15) is 25.0 Å². The van der Waals surface area contributed by atoms with Crippen LogP contribution >= 0.6 is 11.6 Å². The van der Waals surface area contributed by atoms with Crippen molar-refractivity contribution >= 4 is 45.5 Å². The van der Waals surface area contributed by atoms with E-state index in [0.717, 1.165) is 11.4 Å². The summed E-state index contributed by atoms with van der Waals surface area (Å²) < 4.78 is 0. The van der Waals surface area contributed by atoms with Gasteiger partial charge in [-0.1, -0.05) is 67.9 Å². The van der Waals surface area contributed by atoms with Crippen molar-refractivity contribution in [2.24, 2.45) is 4.99 Å². The van der Waals surface area contributed by atoms with Crippen LogP contribution in [0.15, 0.2) is 65.7 Å². The Morgan fingerprint density at radius 3 is 2.63 bits per heavy atom. The van der Waals surface area contributed by atoms with E-state index < -0.39 is 4.92 Å². The Bertz CT molecular complexity index is 1150. The van der Waals surface area contributed by atoms with Gasteiger partial charge in [0.15, 0.2) is 0 Å². The Hall–Kier alpha value is -2.98. The average Bonchev–Trinajstić information content (AvgIpc) is 2.91. The van der Waals surface area contributed by atoms with Crippen LogP contribution < -0.4 is 0 Å². The highest BCUT2D eigenvalue weighted by molar-refractivity contribution is 6.32. The van der Waals surface area contributed by atoms with Gasteiger partial charge in [-0.2, -0.15) is 0 Å². The van der Waals surface area contributed by atoms with Gasteiger partial charge in [-0.25, -0.2) is 0 Å². The first-order valence-electron chi connectivity index (χ1n) is 8.61. The van der Waals surface area contributed by atoms with Crippen LogP contribution in [0.3, 0.4) is 0 Å². The zero-order chi connectivity index (χ0) is 19.2. The van der Waals surface area contributed by atoms with Crippen molar-refractivity contribution in [3.8, 4) is 0 Å². The molecular weight excluding hydrogens is 360 g/mol. The topological polar surface area (TPSA) is 55.5 Å². The first-order chi connectivity index (χ1) is 12.9. The molecule has 0 aliphatic carbocycles. The predicted octanol–water partition coefficient (Wildman–Crippen LogP) is 6.48. The molecule has 0 unspecified atom stereocenters. The smallest absolute Gasteiger partial charge is 0.258 e.